The molecule has 3 atom stereocenters. The van der Waals surface area contributed by atoms with Crippen LogP contribution in [0.25, 0.3) is 0 Å². The van der Waals surface area contributed by atoms with Crippen molar-refractivity contribution in [3.63, 3.8) is 0 Å². The molecule has 0 aromatic carbocycles. The van der Waals surface area contributed by atoms with Crippen LogP contribution in [0.5, 0.6) is 0 Å². The average molecular weight is 301 g/mol. The molecule has 2 N–H and O–H groups in total. The summed E-state index contributed by atoms with van der Waals surface area (Å²) < 4.78 is 38.8. The maximum atomic E-state index is 12.9. The number of nitrogens with one attached hydrogen (secondary N) is 2. The summed E-state index contributed by atoms with van der Waals surface area (Å²) in [5.74, 6) is 1.52. The van der Waals surface area contributed by atoms with Gasteiger partial charge in [-0.25, -0.2) is 4.98 Å². The van der Waals surface area contributed by atoms with Crippen LogP contribution in [0, 0.1) is 11.8 Å². The molecular weight excluding hydrogens is 279 g/mol. The van der Waals surface area contributed by atoms with Crippen LogP contribution in [-0.4, -0.2) is 18.1 Å². The zero-order chi connectivity index (χ0) is 15.6. The third-order valence-electron chi connectivity index (χ3n) is 4.45. The van der Waals surface area contributed by atoms with Crippen molar-refractivity contribution in [2.24, 2.45) is 11.8 Å². The molecule has 0 bridgehead atoms. The molecule has 3 unspecified atom stereocenters. The molecule has 0 aliphatic heterocycles. The number of hydrogen-bond donors (Lipinski definition) is 2. The molecular formula is C15H22F3N3. The standard InChI is InChI=1S/C15H22F3N3/c1-9-5-4-6-12(10(9)2)20-14-8-11(15(16,17)18)7-13(19-3)21-14/h7-10,12H,4-6H2,1-3H3,(H2,19,20,21). The minimum Gasteiger partial charge on any atom is -0.373 e. The van der Waals surface area contributed by atoms with Crippen LogP contribution in [0.15, 0.2) is 12.1 Å². The lowest BCUT2D eigenvalue weighted by atomic mass is 9.78. The van der Waals surface area contributed by atoms with Crippen LogP contribution >= 0.6 is 0 Å². The molecule has 1 aromatic rings. The normalized spacial score (nSPS) is 26.5. The van der Waals surface area contributed by atoms with Gasteiger partial charge in [-0.15, -0.1) is 0 Å². The van der Waals surface area contributed by atoms with Crippen LogP contribution in [0.4, 0.5) is 24.8 Å². The fourth-order valence-electron chi connectivity index (χ4n) is 2.87. The van der Waals surface area contributed by atoms with E-state index in [4.69, 9.17) is 0 Å². The lowest BCUT2D eigenvalue weighted by Crippen LogP contribution is -2.35. The van der Waals surface area contributed by atoms with Gasteiger partial charge in [0.05, 0.1) is 5.56 Å². The van der Waals surface area contributed by atoms with Gasteiger partial charge in [-0.05, 0) is 30.4 Å². The number of aromatic nitrogens is 1. The van der Waals surface area contributed by atoms with E-state index in [-0.39, 0.29) is 11.9 Å². The van der Waals surface area contributed by atoms with Crippen molar-refractivity contribution in [1.82, 2.24) is 4.98 Å². The summed E-state index contributed by atoms with van der Waals surface area (Å²) in [5.41, 5.74) is -0.680. The fourth-order valence-corrected chi connectivity index (χ4v) is 2.87. The Hall–Kier alpha value is -1.46. The van der Waals surface area contributed by atoms with Gasteiger partial charge < -0.3 is 10.6 Å². The molecule has 1 fully saturated rings. The number of nitrogens with zero attached hydrogens (tertiary/aromatic N) is 1. The molecule has 2 rings (SSSR count). The Morgan fingerprint density at radius 3 is 2.43 bits per heavy atom. The van der Waals surface area contributed by atoms with Crippen molar-refractivity contribution in [2.45, 2.75) is 45.3 Å². The van der Waals surface area contributed by atoms with E-state index in [0.29, 0.717) is 17.7 Å². The van der Waals surface area contributed by atoms with Crippen LogP contribution in [-0.2, 0) is 6.18 Å². The lowest BCUT2D eigenvalue weighted by molar-refractivity contribution is -0.137. The third-order valence-corrected chi connectivity index (χ3v) is 4.45. The van der Waals surface area contributed by atoms with E-state index in [1.165, 1.54) is 6.42 Å². The highest BCUT2D eigenvalue weighted by molar-refractivity contribution is 5.50. The van der Waals surface area contributed by atoms with Crippen LogP contribution in [0.2, 0.25) is 0 Å². The summed E-state index contributed by atoms with van der Waals surface area (Å²) in [4.78, 5) is 4.20. The predicted molar refractivity (Wildman–Crippen MR) is 78.4 cm³/mol. The van der Waals surface area contributed by atoms with Gasteiger partial charge in [0.1, 0.15) is 11.6 Å². The van der Waals surface area contributed by atoms with Crippen molar-refractivity contribution < 1.29 is 13.2 Å². The monoisotopic (exact) mass is 301 g/mol. The second-order valence-corrected chi connectivity index (χ2v) is 5.89. The SMILES string of the molecule is CNc1cc(C(F)(F)F)cc(NC2CCCC(C)C2C)n1. The van der Waals surface area contributed by atoms with Gasteiger partial charge in [0.2, 0.25) is 0 Å². The molecule has 21 heavy (non-hydrogen) atoms. The molecule has 0 radical (unpaired) electrons. The molecule has 1 saturated carbocycles. The molecule has 118 valence electrons. The zero-order valence-electron chi connectivity index (χ0n) is 12.6. The summed E-state index contributed by atoms with van der Waals surface area (Å²) in [6.07, 6.45) is -1.12. The quantitative estimate of drug-likeness (QED) is 0.870. The molecule has 0 spiro atoms. The van der Waals surface area contributed by atoms with Gasteiger partial charge in [-0.3, -0.25) is 0 Å². The lowest BCUT2D eigenvalue weighted by Gasteiger charge is -2.35. The van der Waals surface area contributed by atoms with E-state index in [9.17, 15) is 13.2 Å². The van der Waals surface area contributed by atoms with Crippen LogP contribution in [0.3, 0.4) is 0 Å². The van der Waals surface area contributed by atoms with Crippen LogP contribution in [0.1, 0.15) is 38.7 Å². The molecule has 1 heterocycles. The van der Waals surface area contributed by atoms with Crippen molar-refractivity contribution in [1.29, 1.82) is 0 Å². The maximum Gasteiger partial charge on any atom is 0.416 e. The van der Waals surface area contributed by atoms with E-state index in [1.807, 2.05) is 0 Å². The number of halogens is 3. The smallest absolute Gasteiger partial charge is 0.373 e. The summed E-state index contributed by atoms with van der Waals surface area (Å²) in [6, 6.07) is 2.29. The van der Waals surface area contributed by atoms with E-state index >= 15 is 0 Å². The molecule has 1 aliphatic carbocycles. The summed E-state index contributed by atoms with van der Waals surface area (Å²) in [7, 11) is 1.57. The van der Waals surface area contributed by atoms with E-state index in [2.05, 4.69) is 29.5 Å². The van der Waals surface area contributed by atoms with Gasteiger partial charge in [0.15, 0.2) is 0 Å². The Morgan fingerprint density at radius 1 is 1.14 bits per heavy atom. The summed E-state index contributed by atoms with van der Waals surface area (Å²) in [5, 5.41) is 5.88. The largest absolute Gasteiger partial charge is 0.416 e. The van der Waals surface area contributed by atoms with E-state index in [0.717, 1.165) is 25.0 Å². The van der Waals surface area contributed by atoms with Crippen molar-refractivity contribution >= 4 is 11.6 Å². The third kappa shape index (κ3) is 3.80. The first-order chi connectivity index (χ1) is 9.81. The summed E-state index contributed by atoms with van der Waals surface area (Å²) >= 11 is 0. The van der Waals surface area contributed by atoms with Crippen molar-refractivity contribution in [2.75, 3.05) is 17.7 Å². The highest BCUT2D eigenvalue weighted by atomic mass is 19.4. The highest BCUT2D eigenvalue weighted by Gasteiger charge is 2.32. The minimum atomic E-state index is -4.36. The van der Waals surface area contributed by atoms with Crippen molar-refractivity contribution in [3.05, 3.63) is 17.7 Å². The first-order valence-corrected chi connectivity index (χ1v) is 7.35. The average Bonchev–Trinajstić information content (AvgIpc) is 2.42. The molecule has 3 nitrogen and oxygen atoms in total. The number of rotatable bonds is 3. The molecule has 6 heteroatoms. The number of hydrogen-bond acceptors (Lipinski definition) is 3. The Balaban J connectivity index is 2.23. The Morgan fingerprint density at radius 2 is 1.81 bits per heavy atom. The van der Waals surface area contributed by atoms with Gasteiger partial charge in [0, 0.05) is 13.1 Å². The van der Waals surface area contributed by atoms with Crippen LogP contribution < -0.4 is 10.6 Å². The Kier molecular flexibility index (Phi) is 4.64. The van der Waals surface area contributed by atoms with Gasteiger partial charge in [-0.1, -0.05) is 26.7 Å². The second kappa shape index (κ2) is 6.12. The molecule has 0 saturated heterocycles. The first-order valence-electron chi connectivity index (χ1n) is 7.35. The molecule has 1 aromatic heterocycles. The molecule has 1 aliphatic rings. The summed E-state index contributed by atoms with van der Waals surface area (Å²) in [6.45, 7) is 4.34. The second-order valence-electron chi connectivity index (χ2n) is 5.89. The number of pyridine rings is 1. The van der Waals surface area contributed by atoms with Gasteiger partial charge >= 0.3 is 6.18 Å². The predicted octanol–water partition coefficient (Wildman–Crippen LogP) is 4.38. The first kappa shape index (κ1) is 15.9. The van der Waals surface area contributed by atoms with Crippen molar-refractivity contribution in [3.8, 4) is 0 Å². The topological polar surface area (TPSA) is 37.0 Å². The van der Waals surface area contributed by atoms with Gasteiger partial charge in [0.25, 0.3) is 0 Å². The Bertz CT molecular complexity index is 488. The maximum absolute atomic E-state index is 12.9. The fraction of sp³-hybridized carbons (Fsp3) is 0.667. The highest BCUT2D eigenvalue weighted by Crippen LogP contribution is 2.34. The number of anilines is 2. The molecule has 0 amide bonds. The minimum absolute atomic E-state index is 0.175. The van der Waals surface area contributed by atoms with Gasteiger partial charge in [-0.2, -0.15) is 13.2 Å². The Labute approximate surface area is 123 Å². The van der Waals surface area contributed by atoms with E-state index < -0.39 is 11.7 Å². The number of alkyl halides is 3. The van der Waals surface area contributed by atoms with E-state index in [1.54, 1.807) is 7.05 Å². The zero-order valence-corrected chi connectivity index (χ0v) is 12.6.